The smallest absolute Gasteiger partial charge is 0.253 e. The number of carbonyl (C=O) groups excluding carboxylic acids is 1. The maximum Gasteiger partial charge on any atom is 0.253 e. The predicted octanol–water partition coefficient (Wildman–Crippen LogP) is 3.62. The number of nitrogens with one attached hydrogen (secondary N) is 2. The Bertz CT molecular complexity index is 994. The van der Waals surface area contributed by atoms with E-state index in [-0.39, 0.29) is 18.0 Å². The number of rotatable bonds is 7. The zero-order valence-corrected chi connectivity index (χ0v) is 15.7. The lowest BCUT2D eigenvalue weighted by atomic mass is 10.0. The lowest BCUT2D eigenvalue weighted by Crippen LogP contribution is -2.26. The van der Waals surface area contributed by atoms with E-state index in [2.05, 4.69) is 10.3 Å². The molecule has 2 aromatic carbocycles. The minimum Gasteiger partial charge on any atom is -0.494 e. The van der Waals surface area contributed by atoms with Crippen LogP contribution in [0, 0.1) is 13.8 Å². The first-order chi connectivity index (χ1) is 13.0. The summed E-state index contributed by atoms with van der Waals surface area (Å²) >= 11 is 0. The van der Waals surface area contributed by atoms with E-state index in [1.54, 1.807) is 0 Å². The van der Waals surface area contributed by atoms with Crippen LogP contribution >= 0.6 is 0 Å². The third-order valence-electron chi connectivity index (χ3n) is 4.57. The van der Waals surface area contributed by atoms with Crippen molar-refractivity contribution in [1.29, 1.82) is 0 Å². The number of hydrogen-bond acceptors (Lipinski definition) is 3. The summed E-state index contributed by atoms with van der Waals surface area (Å²) in [5.74, 6) is 0.706. The molecule has 0 saturated carbocycles. The molecule has 2 N–H and O–H groups in total. The highest BCUT2D eigenvalue weighted by atomic mass is 16.5. The molecule has 1 heterocycles. The molecule has 1 aromatic heterocycles. The van der Waals surface area contributed by atoms with Gasteiger partial charge in [0.25, 0.3) is 5.56 Å². The summed E-state index contributed by atoms with van der Waals surface area (Å²) < 4.78 is 5.57. The number of fused-ring (bicyclic) bond motifs is 1. The predicted molar refractivity (Wildman–Crippen MR) is 107 cm³/mol. The van der Waals surface area contributed by atoms with Crippen molar-refractivity contribution in [3.63, 3.8) is 0 Å². The molecule has 5 heteroatoms. The minimum absolute atomic E-state index is 0.0914. The number of aromatic amines is 1. The number of benzene rings is 2. The molecule has 0 aliphatic rings. The second kappa shape index (κ2) is 8.54. The molecule has 0 saturated heterocycles. The van der Waals surface area contributed by atoms with Gasteiger partial charge in [0.15, 0.2) is 0 Å². The van der Waals surface area contributed by atoms with Crippen molar-refractivity contribution in [3.8, 4) is 5.75 Å². The highest BCUT2D eigenvalue weighted by Crippen LogP contribution is 2.17. The van der Waals surface area contributed by atoms with Crippen LogP contribution in [0.2, 0.25) is 0 Å². The van der Waals surface area contributed by atoms with E-state index < -0.39 is 0 Å². The molecule has 140 valence electrons. The fraction of sp³-hybridized carbons (Fsp3) is 0.273. The molecule has 27 heavy (non-hydrogen) atoms. The standard InChI is InChI=1S/C22H24N2O3/c1-15-11-17-13-18(22(26)24-20(17)12-16(15)2)14-23-21(25)9-6-10-27-19-7-4-3-5-8-19/h3-5,7-8,11-13H,6,9-10,14H2,1-2H3,(H,23,25)(H,24,26). The van der Waals surface area contributed by atoms with E-state index >= 15 is 0 Å². The first-order valence-electron chi connectivity index (χ1n) is 9.10. The maximum absolute atomic E-state index is 12.2. The van der Waals surface area contributed by atoms with Crippen LogP contribution in [0.5, 0.6) is 5.75 Å². The molecule has 0 spiro atoms. The van der Waals surface area contributed by atoms with Crippen LogP contribution in [0.15, 0.2) is 53.3 Å². The van der Waals surface area contributed by atoms with E-state index in [0.717, 1.165) is 22.2 Å². The van der Waals surface area contributed by atoms with Crippen molar-refractivity contribution in [2.75, 3.05) is 6.61 Å². The Hall–Kier alpha value is -3.08. The van der Waals surface area contributed by atoms with Crippen molar-refractivity contribution >= 4 is 16.8 Å². The lowest BCUT2D eigenvalue weighted by molar-refractivity contribution is -0.121. The first kappa shape index (κ1) is 18.7. The summed E-state index contributed by atoms with van der Waals surface area (Å²) in [6.07, 6.45) is 0.976. The summed E-state index contributed by atoms with van der Waals surface area (Å²) in [5, 5.41) is 3.79. The Labute approximate surface area is 158 Å². The van der Waals surface area contributed by atoms with E-state index in [0.29, 0.717) is 25.0 Å². The average Bonchev–Trinajstić information content (AvgIpc) is 2.66. The Morgan fingerprint density at radius 2 is 1.81 bits per heavy atom. The number of hydrogen-bond donors (Lipinski definition) is 2. The third kappa shape index (κ3) is 4.97. The molecule has 3 aromatic rings. The van der Waals surface area contributed by atoms with Gasteiger partial charge in [-0.05, 0) is 67.1 Å². The van der Waals surface area contributed by atoms with Crippen molar-refractivity contribution in [1.82, 2.24) is 10.3 Å². The van der Waals surface area contributed by atoms with Crippen LogP contribution in [0.1, 0.15) is 29.5 Å². The van der Waals surface area contributed by atoms with Gasteiger partial charge in [-0.15, -0.1) is 0 Å². The first-order valence-corrected chi connectivity index (χ1v) is 9.10. The van der Waals surface area contributed by atoms with Crippen LogP contribution in [0.25, 0.3) is 10.9 Å². The summed E-state index contributed by atoms with van der Waals surface area (Å²) in [6, 6.07) is 15.4. The van der Waals surface area contributed by atoms with Crippen LogP contribution in [0.3, 0.4) is 0 Å². The van der Waals surface area contributed by atoms with Gasteiger partial charge in [0.05, 0.1) is 6.61 Å². The number of para-hydroxylation sites is 1. The molecule has 0 fully saturated rings. The summed E-state index contributed by atoms with van der Waals surface area (Å²) in [5.41, 5.74) is 3.51. The normalized spacial score (nSPS) is 10.7. The van der Waals surface area contributed by atoms with Crippen LogP contribution < -0.4 is 15.6 Å². The number of H-pyrrole nitrogens is 1. The van der Waals surface area contributed by atoms with E-state index in [1.807, 2.05) is 62.4 Å². The molecule has 0 bridgehead atoms. The quantitative estimate of drug-likeness (QED) is 0.629. The molecule has 1 amide bonds. The lowest BCUT2D eigenvalue weighted by Gasteiger charge is -2.08. The van der Waals surface area contributed by atoms with Crippen molar-refractivity contribution in [2.24, 2.45) is 0 Å². The molecule has 0 unspecified atom stereocenters. The minimum atomic E-state index is -0.168. The molecule has 5 nitrogen and oxygen atoms in total. The Morgan fingerprint density at radius 1 is 1.07 bits per heavy atom. The average molecular weight is 364 g/mol. The highest BCUT2D eigenvalue weighted by Gasteiger charge is 2.07. The Kier molecular flexibility index (Phi) is 5.91. The van der Waals surface area contributed by atoms with Gasteiger partial charge in [-0.1, -0.05) is 18.2 Å². The van der Waals surface area contributed by atoms with Gasteiger partial charge >= 0.3 is 0 Å². The van der Waals surface area contributed by atoms with E-state index in [4.69, 9.17) is 4.74 Å². The number of pyridine rings is 1. The molecular formula is C22H24N2O3. The number of amides is 1. The van der Waals surface area contributed by atoms with E-state index in [9.17, 15) is 9.59 Å². The zero-order valence-electron chi connectivity index (χ0n) is 15.7. The highest BCUT2D eigenvalue weighted by molar-refractivity contribution is 5.81. The number of carbonyl (C=O) groups is 1. The van der Waals surface area contributed by atoms with Crippen LogP contribution in [-0.2, 0) is 11.3 Å². The SMILES string of the molecule is Cc1cc2cc(CNC(=O)CCCOc3ccccc3)c(=O)[nH]c2cc1C. The molecule has 0 aliphatic carbocycles. The zero-order chi connectivity index (χ0) is 19.2. The van der Waals surface area contributed by atoms with Gasteiger partial charge < -0.3 is 15.0 Å². The molecule has 0 aliphatic heterocycles. The van der Waals surface area contributed by atoms with Gasteiger partial charge in [-0.25, -0.2) is 0 Å². The number of aryl methyl sites for hydroxylation is 2. The van der Waals surface area contributed by atoms with Crippen LogP contribution in [-0.4, -0.2) is 17.5 Å². The molecule has 0 radical (unpaired) electrons. The number of ether oxygens (including phenoxy) is 1. The fourth-order valence-corrected chi connectivity index (χ4v) is 2.88. The second-order valence-electron chi connectivity index (χ2n) is 6.69. The van der Waals surface area contributed by atoms with Gasteiger partial charge in [0, 0.05) is 24.0 Å². The maximum atomic E-state index is 12.2. The number of aromatic nitrogens is 1. The van der Waals surface area contributed by atoms with Gasteiger partial charge in [0.1, 0.15) is 5.75 Å². The molecule has 0 atom stereocenters. The summed E-state index contributed by atoms with van der Waals surface area (Å²) in [6.45, 7) is 4.75. The fourth-order valence-electron chi connectivity index (χ4n) is 2.88. The monoisotopic (exact) mass is 364 g/mol. The van der Waals surface area contributed by atoms with Crippen molar-refractivity contribution < 1.29 is 9.53 Å². The molecule has 3 rings (SSSR count). The van der Waals surface area contributed by atoms with E-state index in [1.165, 1.54) is 5.56 Å². The van der Waals surface area contributed by atoms with Crippen molar-refractivity contribution in [2.45, 2.75) is 33.2 Å². The summed E-state index contributed by atoms with van der Waals surface area (Å²) in [7, 11) is 0. The Morgan fingerprint density at radius 3 is 2.59 bits per heavy atom. The van der Waals surface area contributed by atoms with Gasteiger partial charge in [-0.2, -0.15) is 0 Å². The summed E-state index contributed by atoms with van der Waals surface area (Å²) in [4.78, 5) is 27.1. The molecular weight excluding hydrogens is 340 g/mol. The van der Waals surface area contributed by atoms with Crippen molar-refractivity contribution in [3.05, 3.63) is 75.6 Å². The Balaban J connectivity index is 1.51. The van der Waals surface area contributed by atoms with Crippen LogP contribution in [0.4, 0.5) is 0 Å². The largest absolute Gasteiger partial charge is 0.494 e. The van der Waals surface area contributed by atoms with Gasteiger partial charge in [0.2, 0.25) is 5.91 Å². The van der Waals surface area contributed by atoms with Gasteiger partial charge in [-0.3, -0.25) is 9.59 Å². The topological polar surface area (TPSA) is 71.2 Å². The second-order valence-corrected chi connectivity index (χ2v) is 6.69. The third-order valence-corrected chi connectivity index (χ3v) is 4.57.